The second-order valence-corrected chi connectivity index (χ2v) is 8.67. The quantitative estimate of drug-likeness (QED) is 0.833. The van der Waals surface area contributed by atoms with Crippen LogP contribution in [0.4, 0.5) is 0 Å². The Morgan fingerprint density at radius 3 is 1.94 bits per heavy atom. The highest BCUT2D eigenvalue weighted by Gasteiger charge is 2.39. The zero-order valence-electron chi connectivity index (χ0n) is 11.1. The predicted octanol–water partition coefficient (Wildman–Crippen LogP) is 2.53. The highest BCUT2D eigenvalue weighted by molar-refractivity contribution is 7.89. The number of nitrogens with one attached hydrogen (secondary N) is 1. The number of rotatable bonds is 3. The molecule has 1 rings (SSSR count). The Bertz CT molecular complexity index is 328. The Labute approximate surface area is 100 Å². The normalized spacial score (nSPS) is 25.6. The first kappa shape index (κ1) is 14.0. The number of hydrogen-bond donors (Lipinski definition) is 1. The molecule has 1 saturated carbocycles. The van der Waals surface area contributed by atoms with Crippen LogP contribution in [0.15, 0.2) is 0 Å². The van der Waals surface area contributed by atoms with Crippen LogP contribution in [0.5, 0.6) is 0 Å². The van der Waals surface area contributed by atoms with Crippen LogP contribution in [-0.2, 0) is 10.0 Å². The fraction of sp³-hybridized carbons (Fsp3) is 1.00. The molecule has 0 aromatic carbocycles. The van der Waals surface area contributed by atoms with Crippen molar-refractivity contribution in [3.8, 4) is 0 Å². The first-order valence-corrected chi connectivity index (χ1v) is 7.70. The molecule has 0 unspecified atom stereocenters. The van der Waals surface area contributed by atoms with Gasteiger partial charge < -0.3 is 0 Å². The molecule has 0 saturated heterocycles. The minimum absolute atomic E-state index is 0.101. The van der Waals surface area contributed by atoms with Gasteiger partial charge in [0.05, 0.1) is 5.75 Å². The largest absolute Gasteiger partial charge is 0.212 e. The van der Waals surface area contributed by atoms with E-state index < -0.39 is 10.0 Å². The zero-order chi connectivity index (χ0) is 12.6. The number of sulfonamides is 1. The van der Waals surface area contributed by atoms with Crippen molar-refractivity contribution in [2.75, 3.05) is 5.75 Å². The summed E-state index contributed by atoms with van der Waals surface area (Å²) < 4.78 is 26.0. The van der Waals surface area contributed by atoms with Crippen molar-refractivity contribution in [2.24, 2.45) is 10.8 Å². The summed E-state index contributed by atoms with van der Waals surface area (Å²) >= 11 is 0. The van der Waals surface area contributed by atoms with Crippen LogP contribution in [-0.4, -0.2) is 20.2 Å². The molecule has 0 aromatic rings. The summed E-state index contributed by atoms with van der Waals surface area (Å²) in [6.45, 7) is 10.6. The second-order valence-electron chi connectivity index (χ2n) is 6.63. The van der Waals surface area contributed by atoms with E-state index in [4.69, 9.17) is 0 Å². The first-order valence-electron chi connectivity index (χ1n) is 6.05. The van der Waals surface area contributed by atoms with Crippen LogP contribution in [0, 0.1) is 10.8 Å². The molecule has 3 nitrogen and oxygen atoms in total. The highest BCUT2D eigenvalue weighted by atomic mass is 32.2. The van der Waals surface area contributed by atoms with Crippen molar-refractivity contribution in [2.45, 2.75) is 59.9 Å². The van der Waals surface area contributed by atoms with Crippen molar-refractivity contribution in [3.05, 3.63) is 0 Å². The van der Waals surface area contributed by atoms with Gasteiger partial charge in [0, 0.05) is 6.04 Å². The molecule has 0 aromatic heterocycles. The van der Waals surface area contributed by atoms with Crippen LogP contribution in [0.2, 0.25) is 0 Å². The highest BCUT2D eigenvalue weighted by Crippen LogP contribution is 2.45. The fourth-order valence-electron chi connectivity index (χ4n) is 3.27. The Kier molecular flexibility index (Phi) is 3.75. The lowest BCUT2D eigenvalue weighted by Gasteiger charge is -2.45. The van der Waals surface area contributed by atoms with Gasteiger partial charge >= 0.3 is 0 Å². The van der Waals surface area contributed by atoms with Crippen molar-refractivity contribution in [1.82, 2.24) is 4.72 Å². The lowest BCUT2D eigenvalue weighted by Crippen LogP contribution is -2.46. The van der Waals surface area contributed by atoms with Gasteiger partial charge in [-0.25, -0.2) is 13.1 Å². The first-order chi connectivity index (χ1) is 7.05. The summed E-state index contributed by atoms with van der Waals surface area (Å²) in [5.74, 6) is 0.171. The third kappa shape index (κ3) is 4.06. The van der Waals surface area contributed by atoms with E-state index >= 15 is 0 Å². The van der Waals surface area contributed by atoms with Gasteiger partial charge in [-0.2, -0.15) is 0 Å². The molecular weight excluding hydrogens is 222 g/mol. The van der Waals surface area contributed by atoms with E-state index in [1.165, 1.54) is 0 Å². The van der Waals surface area contributed by atoms with E-state index in [-0.39, 0.29) is 22.6 Å². The van der Waals surface area contributed by atoms with Crippen LogP contribution >= 0.6 is 0 Å². The summed E-state index contributed by atoms with van der Waals surface area (Å²) in [6, 6.07) is 0.101. The summed E-state index contributed by atoms with van der Waals surface area (Å²) in [7, 11) is -3.07. The van der Waals surface area contributed by atoms with Gasteiger partial charge in [0.1, 0.15) is 0 Å². The third-order valence-electron chi connectivity index (χ3n) is 3.28. The predicted molar refractivity (Wildman–Crippen MR) is 67.8 cm³/mol. The molecule has 4 heteroatoms. The summed E-state index contributed by atoms with van der Waals surface area (Å²) in [6.07, 6.45) is 3.04. The average molecular weight is 247 g/mol. The SMILES string of the molecule is CCS(=O)(=O)NC1CC(C)(C)CC(C)(C)C1. The second kappa shape index (κ2) is 4.30. The van der Waals surface area contributed by atoms with Gasteiger partial charge in [0.25, 0.3) is 0 Å². The maximum atomic E-state index is 11.6. The van der Waals surface area contributed by atoms with Crippen molar-refractivity contribution >= 4 is 10.0 Å². The summed E-state index contributed by atoms with van der Waals surface area (Å²) in [4.78, 5) is 0. The van der Waals surface area contributed by atoms with Crippen LogP contribution in [0.25, 0.3) is 0 Å². The Hall–Kier alpha value is -0.0900. The van der Waals surface area contributed by atoms with Gasteiger partial charge in [-0.05, 0) is 37.0 Å². The maximum Gasteiger partial charge on any atom is 0.211 e. The maximum absolute atomic E-state index is 11.6. The topological polar surface area (TPSA) is 46.2 Å². The molecule has 96 valence electrons. The molecule has 0 bridgehead atoms. The minimum atomic E-state index is -3.07. The molecular formula is C12H25NO2S. The Morgan fingerprint density at radius 2 is 1.56 bits per heavy atom. The van der Waals surface area contributed by atoms with Gasteiger partial charge in [-0.15, -0.1) is 0 Å². The van der Waals surface area contributed by atoms with Crippen LogP contribution < -0.4 is 4.72 Å². The van der Waals surface area contributed by atoms with E-state index in [2.05, 4.69) is 32.4 Å². The molecule has 0 radical (unpaired) electrons. The third-order valence-corrected chi connectivity index (χ3v) is 4.73. The molecule has 1 aliphatic rings. The van der Waals surface area contributed by atoms with E-state index in [1.807, 2.05) is 0 Å². The molecule has 0 atom stereocenters. The van der Waals surface area contributed by atoms with Crippen LogP contribution in [0.3, 0.4) is 0 Å². The van der Waals surface area contributed by atoms with Crippen molar-refractivity contribution < 1.29 is 8.42 Å². The molecule has 16 heavy (non-hydrogen) atoms. The van der Waals surface area contributed by atoms with Gasteiger partial charge in [0.15, 0.2) is 0 Å². The van der Waals surface area contributed by atoms with Gasteiger partial charge in [-0.3, -0.25) is 0 Å². The van der Waals surface area contributed by atoms with E-state index in [9.17, 15) is 8.42 Å². The molecule has 1 aliphatic carbocycles. The Balaban J connectivity index is 2.76. The summed E-state index contributed by atoms with van der Waals surface area (Å²) in [5.41, 5.74) is 0.450. The smallest absolute Gasteiger partial charge is 0.211 e. The monoisotopic (exact) mass is 247 g/mol. The Morgan fingerprint density at radius 1 is 1.12 bits per heavy atom. The zero-order valence-corrected chi connectivity index (χ0v) is 11.9. The molecule has 1 N–H and O–H groups in total. The van der Waals surface area contributed by atoms with E-state index in [1.54, 1.807) is 6.92 Å². The van der Waals surface area contributed by atoms with Gasteiger partial charge in [0.2, 0.25) is 10.0 Å². The lowest BCUT2D eigenvalue weighted by molar-refractivity contribution is 0.0934. The molecule has 0 aliphatic heterocycles. The molecule has 1 fully saturated rings. The molecule has 0 heterocycles. The fourth-order valence-corrected chi connectivity index (χ4v) is 4.11. The lowest BCUT2D eigenvalue weighted by atomic mass is 9.64. The van der Waals surface area contributed by atoms with Crippen molar-refractivity contribution in [1.29, 1.82) is 0 Å². The van der Waals surface area contributed by atoms with Gasteiger partial charge in [-0.1, -0.05) is 27.7 Å². The molecule has 0 spiro atoms. The molecule has 0 amide bonds. The van der Waals surface area contributed by atoms with E-state index in [0.717, 1.165) is 19.3 Å². The minimum Gasteiger partial charge on any atom is -0.212 e. The average Bonchev–Trinajstić information content (AvgIpc) is 1.96. The summed E-state index contributed by atoms with van der Waals surface area (Å²) in [5, 5.41) is 0. The van der Waals surface area contributed by atoms with Crippen LogP contribution in [0.1, 0.15) is 53.9 Å². The number of hydrogen-bond acceptors (Lipinski definition) is 2. The van der Waals surface area contributed by atoms with E-state index in [0.29, 0.717) is 0 Å². The standard InChI is InChI=1S/C12H25NO2S/c1-6-16(14,15)13-10-7-11(2,3)9-12(4,5)8-10/h10,13H,6-9H2,1-5H3. The van der Waals surface area contributed by atoms with Crippen molar-refractivity contribution in [3.63, 3.8) is 0 Å².